The van der Waals surface area contributed by atoms with Gasteiger partial charge in [0, 0.05) is 12.4 Å². The summed E-state index contributed by atoms with van der Waals surface area (Å²) in [5.41, 5.74) is -13.3. The monoisotopic (exact) mass is 488 g/mol. The maximum absolute atomic E-state index is 13.2. The summed E-state index contributed by atoms with van der Waals surface area (Å²) in [6.45, 7) is -7.63. The van der Waals surface area contributed by atoms with E-state index in [0.29, 0.717) is 6.07 Å². The minimum absolute atomic E-state index is 0.542. The molecule has 13 nitrogen and oxygen atoms in total. The molecule has 0 spiro atoms. The zero-order valence-corrected chi connectivity index (χ0v) is 17.4. The van der Waals surface area contributed by atoms with Crippen molar-refractivity contribution in [2.45, 2.75) is 56.3 Å². The summed E-state index contributed by atoms with van der Waals surface area (Å²) in [5, 5.41) is 63.7. The highest BCUT2D eigenvalue weighted by Gasteiger charge is 2.85. The topological polar surface area (TPSA) is 225 Å². The number of hydrogen-bond acceptors (Lipinski definition) is 12. The minimum Gasteiger partial charge on any atom is -0.507 e. The molecule has 5 atom stereocenters. The van der Waals surface area contributed by atoms with Gasteiger partial charge in [0.05, 0.1) is 6.61 Å². The molecule has 1 aromatic carbocycles. The molecule has 0 saturated carbocycles. The first-order valence-electron chi connectivity index (χ1n) is 12.0. The van der Waals surface area contributed by atoms with Crippen LogP contribution in [-0.2, 0) is 23.9 Å². The van der Waals surface area contributed by atoms with E-state index in [1.165, 1.54) is 0 Å². The number of aromatic carboxylic acids is 1. The fourth-order valence-electron chi connectivity index (χ4n) is 3.81. The lowest BCUT2D eigenvalue weighted by Gasteiger charge is -2.60. The number of aliphatic hydroxyl groups excluding tert-OH is 1. The highest BCUT2D eigenvalue weighted by molar-refractivity contribution is 6.09. The molecule has 1 aliphatic rings. The van der Waals surface area contributed by atoms with Gasteiger partial charge in [0.25, 0.3) is 0 Å². The van der Waals surface area contributed by atoms with Gasteiger partial charge in [0.2, 0.25) is 17.0 Å². The lowest BCUT2D eigenvalue weighted by Crippen LogP contribution is -2.91. The minimum atomic E-state index is -4.30. The van der Waals surface area contributed by atoms with Crippen LogP contribution < -0.4 is 4.74 Å². The van der Waals surface area contributed by atoms with Gasteiger partial charge in [-0.1, -0.05) is 0 Å². The number of benzene rings is 1. The average Bonchev–Trinajstić information content (AvgIpc) is 2.91. The van der Waals surface area contributed by atoms with Gasteiger partial charge in [0.15, 0.2) is 23.0 Å². The first-order chi connectivity index (χ1) is 17.6. The van der Waals surface area contributed by atoms with Crippen LogP contribution >= 0.6 is 0 Å². The maximum atomic E-state index is 13.2. The number of rotatable bonds is 8. The number of hydrogen-bond donors (Lipinski definition) is 6. The van der Waals surface area contributed by atoms with E-state index in [9.17, 15) is 54.6 Å². The number of carboxylic acid groups (broad SMARTS) is 1. The fraction of sp³-hybridized carbons (Fsp3) is 0.476. The Labute approximate surface area is 197 Å². The number of ketones is 4. The van der Waals surface area contributed by atoms with Gasteiger partial charge < -0.3 is 40.1 Å². The van der Waals surface area contributed by atoms with E-state index in [1.807, 2.05) is 0 Å². The van der Waals surface area contributed by atoms with Gasteiger partial charge in [-0.15, -0.1) is 0 Å². The Morgan fingerprint density at radius 2 is 1.53 bits per heavy atom. The molecule has 1 aromatic rings. The van der Waals surface area contributed by atoms with Crippen molar-refractivity contribution in [3.05, 3.63) is 23.8 Å². The number of Topliss-reactive ketones (excluding diaryl/α,β-unsaturated/α-hetero) is 4. The zero-order valence-electron chi connectivity index (χ0n) is 21.4. The lowest BCUT2D eigenvalue weighted by atomic mass is 9.57. The molecule has 1 saturated heterocycles. The van der Waals surface area contributed by atoms with Gasteiger partial charge in [-0.2, -0.15) is 0 Å². The first kappa shape index (κ1) is 21.3. The van der Waals surface area contributed by atoms with Gasteiger partial charge in [-0.3, -0.25) is 19.2 Å². The lowest BCUT2D eigenvalue weighted by molar-refractivity contribution is -0.382. The average molecular weight is 488 g/mol. The molecule has 1 fully saturated rings. The van der Waals surface area contributed by atoms with Gasteiger partial charge in [0.1, 0.15) is 23.2 Å². The first-order valence-corrected chi connectivity index (χ1v) is 9.15. The molecular formula is C21H24O13. The van der Waals surface area contributed by atoms with E-state index < -0.39 is 109 Å². The van der Waals surface area contributed by atoms with Gasteiger partial charge in [-0.05, 0) is 38.9 Å². The summed E-state index contributed by atoms with van der Waals surface area (Å²) < 4.78 is 40.4. The summed E-state index contributed by atoms with van der Waals surface area (Å²) in [7, 11) is 0. The molecular weight excluding hydrogens is 460 g/mol. The quantitative estimate of drug-likeness (QED) is 0.235. The van der Waals surface area contributed by atoms with Crippen LogP contribution in [0.25, 0.3) is 0 Å². The third kappa shape index (κ3) is 3.24. The molecule has 2 rings (SSSR count). The number of aliphatic hydroxyl groups is 4. The molecule has 6 N–H and O–H groups in total. The molecule has 34 heavy (non-hydrogen) atoms. The molecule has 13 heteroatoms. The van der Waals surface area contributed by atoms with Crippen molar-refractivity contribution < 1.29 is 69.6 Å². The van der Waals surface area contributed by atoms with Crippen molar-refractivity contribution in [3.8, 4) is 11.5 Å². The van der Waals surface area contributed by atoms with E-state index >= 15 is 0 Å². The maximum Gasteiger partial charge on any atom is 0.339 e. The molecule has 1 unspecified atom stereocenters. The number of phenols is 1. The van der Waals surface area contributed by atoms with Crippen molar-refractivity contribution in [1.29, 1.82) is 0 Å². The van der Waals surface area contributed by atoms with Crippen LogP contribution in [0.4, 0.5) is 0 Å². The van der Waals surface area contributed by atoms with Crippen LogP contribution in [0.15, 0.2) is 18.2 Å². The smallest absolute Gasteiger partial charge is 0.339 e. The summed E-state index contributed by atoms with van der Waals surface area (Å²) in [6, 6.07) is 2.03. The highest BCUT2D eigenvalue weighted by atomic mass is 16.7. The fourth-order valence-corrected chi connectivity index (χ4v) is 3.81. The van der Waals surface area contributed by atoms with Crippen molar-refractivity contribution in [1.82, 2.24) is 0 Å². The van der Waals surface area contributed by atoms with E-state index in [1.54, 1.807) is 0 Å². The Morgan fingerprint density at radius 3 is 2.03 bits per heavy atom. The Bertz CT molecular complexity index is 1160. The molecule has 0 radical (unpaired) electrons. The Morgan fingerprint density at radius 1 is 0.971 bits per heavy atom. The van der Waals surface area contributed by atoms with Crippen molar-refractivity contribution in [2.75, 3.05) is 6.61 Å². The van der Waals surface area contributed by atoms with Crippen molar-refractivity contribution in [3.63, 3.8) is 0 Å². The third-order valence-electron chi connectivity index (χ3n) is 5.55. The van der Waals surface area contributed by atoms with Crippen LogP contribution in [0.3, 0.4) is 0 Å². The predicted octanol–water partition coefficient (Wildman–Crippen LogP) is -1.89. The molecule has 186 valence electrons. The second kappa shape index (κ2) is 8.52. The molecule has 0 bridgehead atoms. The molecule has 1 aliphatic heterocycles. The van der Waals surface area contributed by atoms with Crippen LogP contribution in [0.5, 0.6) is 11.5 Å². The van der Waals surface area contributed by atoms with Crippen LogP contribution in [0.1, 0.15) is 43.4 Å². The third-order valence-corrected chi connectivity index (χ3v) is 5.55. The van der Waals surface area contributed by atoms with Crippen LogP contribution in [0.2, 0.25) is 0 Å². The second-order valence-corrected chi connectivity index (χ2v) is 7.37. The zero-order chi connectivity index (χ0) is 29.3. The van der Waals surface area contributed by atoms with Crippen molar-refractivity contribution in [2.24, 2.45) is 0 Å². The highest BCUT2D eigenvalue weighted by Crippen LogP contribution is 2.52. The van der Waals surface area contributed by atoms with Gasteiger partial charge >= 0.3 is 11.8 Å². The SMILES string of the molecule is [2H]CC(=O)C1(Oc2ccc(O)c(C(=O)O)c2)O[C@H](CO)[C@](O)(C(=O)C[2H])[C@@](O)(C(=O)C[2H])[C@]1(O)C(=O)C[2H]. The standard InChI is InChI=1S/C21H24O13/c1-9(23)18(30)16(8-22)34-21(12(4)26,20(32,11(3)25)19(18,31)10(2)24)33-13-5-6-15(27)14(7-13)17(28)29/h5-7,16,22,27,30-32H,8H2,1-4H3,(H,28,29)/t16-,18-,19+,20-,21?/m1/s1/i1D,2D,3D,4D. The van der Waals surface area contributed by atoms with Crippen LogP contribution in [0, 0.1) is 0 Å². The summed E-state index contributed by atoms with van der Waals surface area (Å²) in [4.78, 5) is 63.5. The predicted molar refractivity (Wildman–Crippen MR) is 108 cm³/mol. The van der Waals surface area contributed by atoms with E-state index in [2.05, 4.69) is 0 Å². The Kier molecular flexibility index (Phi) is 5.34. The number of aromatic hydroxyl groups is 1. The van der Waals surface area contributed by atoms with E-state index in [-0.39, 0.29) is 0 Å². The Balaban J connectivity index is 3.12. The normalized spacial score (nSPS) is 34.6. The summed E-state index contributed by atoms with van der Waals surface area (Å²) in [5.74, 6) is -14.8. The number of ether oxygens (including phenoxy) is 2. The molecule has 0 aliphatic carbocycles. The van der Waals surface area contributed by atoms with Crippen molar-refractivity contribution >= 4 is 29.1 Å². The molecule has 1 heterocycles. The summed E-state index contributed by atoms with van der Waals surface area (Å²) in [6.07, 6.45) is -2.63. The second-order valence-electron chi connectivity index (χ2n) is 7.37. The van der Waals surface area contributed by atoms with Gasteiger partial charge in [-0.25, -0.2) is 4.79 Å². The summed E-state index contributed by atoms with van der Waals surface area (Å²) >= 11 is 0. The number of carbonyl (C=O) groups excluding carboxylic acids is 4. The van der Waals surface area contributed by atoms with E-state index in [4.69, 9.17) is 15.0 Å². The Hall–Kier alpha value is -3.23. The molecule has 0 aromatic heterocycles. The number of carbonyl (C=O) groups is 5. The largest absolute Gasteiger partial charge is 0.507 e. The van der Waals surface area contributed by atoms with E-state index in [0.717, 1.165) is 12.1 Å². The van der Waals surface area contributed by atoms with Crippen LogP contribution in [-0.4, -0.2) is 95.0 Å². The molecule has 0 amide bonds. The number of carboxylic acids is 1.